The number of hydrogen-bond donors (Lipinski definition) is 0. The molecule has 0 aliphatic rings. The SMILES string of the molecule is C/C=C/Cc1cc([B-](c2ccccc2)(c2ccccc2)c2ccccc2)cc(C(C)(C)C)c1C(C)(C)C.[PH4+]. The Morgan fingerprint density at radius 1 is 0.579 bits per heavy atom. The quantitative estimate of drug-likeness (QED) is 0.153. The van der Waals surface area contributed by atoms with E-state index in [0.29, 0.717) is 0 Å². The number of benzene rings is 4. The van der Waals surface area contributed by atoms with Crippen molar-refractivity contribution in [2.45, 2.75) is 65.7 Å². The summed E-state index contributed by atoms with van der Waals surface area (Å²) in [4.78, 5) is 0. The largest absolute Gasteiger partial charge is 0.195 e. The third kappa shape index (κ3) is 5.74. The van der Waals surface area contributed by atoms with Crippen molar-refractivity contribution in [3.8, 4) is 0 Å². The maximum Gasteiger partial charge on any atom is 0.108 e. The van der Waals surface area contributed by atoms with Gasteiger partial charge in [-0.1, -0.05) is 157 Å². The molecule has 4 aromatic rings. The maximum absolute atomic E-state index is 2.55. The van der Waals surface area contributed by atoms with Crippen LogP contribution in [0.15, 0.2) is 115 Å². The van der Waals surface area contributed by atoms with Crippen molar-refractivity contribution in [1.29, 1.82) is 0 Å². The van der Waals surface area contributed by atoms with Crippen molar-refractivity contribution >= 4 is 37.9 Å². The number of allylic oxidation sites excluding steroid dienone is 2. The first-order chi connectivity index (χ1) is 17.6. The summed E-state index contributed by atoms with van der Waals surface area (Å²) in [6.45, 7) is 16.3. The molecule has 0 N–H and O–H groups in total. The molecule has 1 atom stereocenters. The monoisotopic (exact) mass is 520 g/mol. The van der Waals surface area contributed by atoms with E-state index in [-0.39, 0.29) is 20.7 Å². The summed E-state index contributed by atoms with van der Waals surface area (Å²) in [6, 6.07) is 38.5. The van der Waals surface area contributed by atoms with Gasteiger partial charge in [0.25, 0.3) is 0 Å². The summed E-state index contributed by atoms with van der Waals surface area (Å²) < 4.78 is 0. The second kappa shape index (κ2) is 11.9. The first kappa shape index (κ1) is 29.7. The third-order valence-electron chi connectivity index (χ3n) is 7.77. The summed E-state index contributed by atoms with van der Waals surface area (Å²) in [5, 5.41) is 0. The first-order valence-electron chi connectivity index (χ1n) is 13.7. The highest BCUT2D eigenvalue weighted by Gasteiger charge is 2.35. The summed E-state index contributed by atoms with van der Waals surface area (Å²) >= 11 is 0. The third-order valence-corrected chi connectivity index (χ3v) is 7.77. The van der Waals surface area contributed by atoms with E-state index in [1.54, 1.807) is 0 Å². The Morgan fingerprint density at radius 3 is 1.34 bits per heavy atom. The lowest BCUT2D eigenvalue weighted by atomic mass is 9.13. The van der Waals surface area contributed by atoms with Crippen molar-refractivity contribution < 1.29 is 0 Å². The highest BCUT2D eigenvalue weighted by atomic mass is 31.0. The Kier molecular flexibility index (Phi) is 9.28. The zero-order valence-electron chi connectivity index (χ0n) is 24.8. The Balaban J connectivity index is 0.00000400. The lowest BCUT2D eigenvalue weighted by Gasteiger charge is -2.46. The topological polar surface area (TPSA) is 0 Å². The molecule has 0 amide bonds. The van der Waals surface area contributed by atoms with Gasteiger partial charge in [0.1, 0.15) is 6.15 Å². The number of rotatable bonds is 6. The summed E-state index contributed by atoms with van der Waals surface area (Å²) in [7, 11) is 0. The van der Waals surface area contributed by atoms with Crippen LogP contribution in [-0.2, 0) is 17.3 Å². The van der Waals surface area contributed by atoms with Crippen molar-refractivity contribution in [3.63, 3.8) is 0 Å². The Hall–Kier alpha value is -2.89. The molecule has 0 saturated heterocycles. The fourth-order valence-corrected chi connectivity index (χ4v) is 6.24. The van der Waals surface area contributed by atoms with Gasteiger partial charge in [-0.05, 0) is 50.8 Å². The fourth-order valence-electron chi connectivity index (χ4n) is 6.24. The molecule has 38 heavy (non-hydrogen) atoms. The average molecular weight is 521 g/mol. The maximum atomic E-state index is 2.55. The molecule has 2 heteroatoms. The van der Waals surface area contributed by atoms with Crippen LogP contribution >= 0.6 is 9.90 Å². The zero-order valence-corrected chi connectivity index (χ0v) is 26.8. The Bertz CT molecular complexity index is 1250. The molecule has 0 saturated carbocycles. The van der Waals surface area contributed by atoms with Gasteiger partial charge in [-0.25, -0.2) is 0 Å². The summed E-state index contributed by atoms with van der Waals surface area (Å²) in [6.07, 6.45) is 4.02. The van der Waals surface area contributed by atoms with E-state index in [0.717, 1.165) is 6.42 Å². The van der Waals surface area contributed by atoms with Crippen LogP contribution in [0, 0.1) is 0 Å². The molecule has 4 rings (SSSR count). The highest BCUT2D eigenvalue weighted by Crippen LogP contribution is 2.36. The van der Waals surface area contributed by atoms with E-state index < -0.39 is 6.15 Å². The second-order valence-corrected chi connectivity index (χ2v) is 12.5. The smallest absolute Gasteiger partial charge is 0.108 e. The molecule has 0 radical (unpaired) electrons. The van der Waals surface area contributed by atoms with E-state index >= 15 is 0 Å². The van der Waals surface area contributed by atoms with E-state index in [1.165, 1.54) is 38.5 Å². The van der Waals surface area contributed by atoms with Crippen molar-refractivity contribution in [1.82, 2.24) is 0 Å². The van der Waals surface area contributed by atoms with Crippen LogP contribution in [0.4, 0.5) is 0 Å². The summed E-state index contributed by atoms with van der Waals surface area (Å²) in [5.74, 6) is 0. The molecule has 0 aliphatic carbocycles. The molecule has 0 aliphatic heterocycles. The van der Waals surface area contributed by atoms with Crippen LogP contribution in [0.25, 0.3) is 0 Å². The molecule has 1 unspecified atom stereocenters. The predicted octanol–water partition coefficient (Wildman–Crippen LogP) is 6.57. The van der Waals surface area contributed by atoms with Gasteiger partial charge in [0.05, 0.1) is 0 Å². The standard InChI is InChI=1S/C36H42B.H3P/c1-8-9-19-28-26-32(27-33(35(2,3)4)34(28)36(5,6)7)37(29-20-13-10-14-21-29,30-22-15-11-16-23-30)31-24-17-12-18-25-31;/h8-18,20-27H,19H2,1-7H3;1H3/q-1;/p+1/b9-8+;. The van der Waals surface area contributed by atoms with Crippen molar-refractivity contribution in [2.24, 2.45) is 0 Å². The minimum Gasteiger partial charge on any atom is -0.195 e. The molecule has 0 nitrogen and oxygen atoms in total. The normalized spacial score (nSPS) is 12.4. The Morgan fingerprint density at radius 2 is 1.00 bits per heavy atom. The van der Waals surface area contributed by atoms with E-state index in [2.05, 4.69) is 164 Å². The molecule has 0 spiro atoms. The fraction of sp³-hybridized carbons (Fsp3) is 0.278. The summed E-state index contributed by atoms with van der Waals surface area (Å²) in [5.41, 5.74) is 9.85. The number of hydrogen-bond acceptors (Lipinski definition) is 0. The molecule has 0 heterocycles. The van der Waals surface area contributed by atoms with E-state index in [4.69, 9.17) is 0 Å². The van der Waals surface area contributed by atoms with Crippen LogP contribution in [0.2, 0.25) is 0 Å². The van der Waals surface area contributed by atoms with Crippen molar-refractivity contribution in [3.05, 3.63) is 132 Å². The molecular weight excluding hydrogens is 474 g/mol. The van der Waals surface area contributed by atoms with Gasteiger partial charge in [-0.15, -0.1) is 0 Å². The van der Waals surface area contributed by atoms with Gasteiger partial charge in [-0.2, -0.15) is 21.9 Å². The van der Waals surface area contributed by atoms with Crippen LogP contribution in [-0.4, -0.2) is 6.15 Å². The molecule has 4 aromatic carbocycles. The average Bonchev–Trinajstić information content (AvgIpc) is 2.88. The Labute approximate surface area is 235 Å². The van der Waals surface area contributed by atoms with Gasteiger partial charge in [0.2, 0.25) is 0 Å². The van der Waals surface area contributed by atoms with Crippen molar-refractivity contribution in [2.75, 3.05) is 0 Å². The second-order valence-electron chi connectivity index (χ2n) is 12.5. The molecule has 0 aromatic heterocycles. The van der Waals surface area contributed by atoms with Crippen LogP contribution in [0.5, 0.6) is 0 Å². The van der Waals surface area contributed by atoms with E-state index in [1.807, 2.05) is 0 Å². The minimum absolute atomic E-state index is 0. The first-order valence-corrected chi connectivity index (χ1v) is 13.7. The van der Waals surface area contributed by atoms with E-state index in [9.17, 15) is 0 Å². The minimum atomic E-state index is -1.41. The predicted molar refractivity (Wildman–Crippen MR) is 178 cm³/mol. The molecule has 0 bridgehead atoms. The van der Waals surface area contributed by atoms with Crippen LogP contribution in [0.1, 0.15) is 65.2 Å². The van der Waals surface area contributed by atoms with Gasteiger partial charge in [0.15, 0.2) is 0 Å². The van der Waals surface area contributed by atoms with Gasteiger partial charge in [0, 0.05) is 0 Å². The molecular formula is C36H46BP. The van der Waals surface area contributed by atoms with Gasteiger partial charge >= 0.3 is 0 Å². The molecule has 0 fully saturated rings. The zero-order chi connectivity index (χ0) is 26.7. The van der Waals surface area contributed by atoms with Crippen LogP contribution in [0.3, 0.4) is 0 Å². The lowest BCUT2D eigenvalue weighted by Crippen LogP contribution is -2.75. The van der Waals surface area contributed by atoms with Gasteiger partial charge in [-0.3, -0.25) is 0 Å². The van der Waals surface area contributed by atoms with Crippen LogP contribution < -0.4 is 21.9 Å². The highest BCUT2D eigenvalue weighted by molar-refractivity contribution is 7.19. The van der Waals surface area contributed by atoms with Gasteiger partial charge < -0.3 is 0 Å². The lowest BCUT2D eigenvalue weighted by molar-refractivity contribution is 0.526. The molecule has 198 valence electrons.